The van der Waals surface area contributed by atoms with E-state index >= 15 is 0 Å². The van der Waals surface area contributed by atoms with Crippen molar-refractivity contribution in [1.29, 1.82) is 0 Å². The van der Waals surface area contributed by atoms with E-state index in [9.17, 15) is 0 Å². The summed E-state index contributed by atoms with van der Waals surface area (Å²) >= 11 is 0. The molecule has 0 amide bonds. The van der Waals surface area contributed by atoms with E-state index in [2.05, 4.69) is 20.3 Å². The summed E-state index contributed by atoms with van der Waals surface area (Å²) in [5.41, 5.74) is 7.14. The summed E-state index contributed by atoms with van der Waals surface area (Å²) in [4.78, 5) is 12.0. The van der Waals surface area contributed by atoms with E-state index in [-0.39, 0.29) is 0 Å². The van der Waals surface area contributed by atoms with Crippen molar-refractivity contribution < 1.29 is 4.74 Å². The van der Waals surface area contributed by atoms with Gasteiger partial charge in [-0.2, -0.15) is 4.98 Å². The standard InChI is InChI=1S/C11H13N5O/c1-2-17-11-9(12)10(14-7-15-11)16-8-3-5-13-6-4-8/h3-7H,2,12H2,1H3,(H,13,14,15,16). The molecule has 0 aliphatic rings. The second kappa shape index (κ2) is 5.11. The minimum absolute atomic E-state index is 0.388. The van der Waals surface area contributed by atoms with Crippen molar-refractivity contribution in [3.8, 4) is 5.88 Å². The van der Waals surface area contributed by atoms with E-state index in [0.717, 1.165) is 5.69 Å². The molecule has 0 unspecified atom stereocenters. The van der Waals surface area contributed by atoms with E-state index in [4.69, 9.17) is 10.5 Å². The van der Waals surface area contributed by atoms with E-state index < -0.39 is 0 Å². The van der Waals surface area contributed by atoms with Gasteiger partial charge in [-0.05, 0) is 19.1 Å². The molecule has 2 aromatic rings. The molecule has 6 heteroatoms. The number of nitrogens with two attached hydrogens (primary N) is 1. The Morgan fingerprint density at radius 1 is 1.29 bits per heavy atom. The number of ether oxygens (including phenoxy) is 1. The van der Waals surface area contributed by atoms with Crippen molar-refractivity contribution in [3.05, 3.63) is 30.9 Å². The fourth-order valence-electron chi connectivity index (χ4n) is 1.30. The van der Waals surface area contributed by atoms with Crippen molar-refractivity contribution in [2.24, 2.45) is 0 Å². The molecule has 2 aromatic heterocycles. The Kier molecular flexibility index (Phi) is 3.34. The zero-order valence-corrected chi connectivity index (χ0v) is 9.42. The summed E-state index contributed by atoms with van der Waals surface area (Å²) in [6.07, 6.45) is 4.78. The Bertz CT molecular complexity index is 488. The lowest BCUT2D eigenvalue weighted by atomic mass is 10.4. The van der Waals surface area contributed by atoms with Gasteiger partial charge in [0, 0.05) is 18.1 Å². The fraction of sp³-hybridized carbons (Fsp3) is 0.182. The normalized spacial score (nSPS) is 9.94. The number of hydrogen-bond acceptors (Lipinski definition) is 6. The highest BCUT2D eigenvalue weighted by Gasteiger charge is 2.08. The van der Waals surface area contributed by atoms with Gasteiger partial charge >= 0.3 is 0 Å². The van der Waals surface area contributed by atoms with Crippen molar-refractivity contribution in [1.82, 2.24) is 15.0 Å². The first kappa shape index (κ1) is 11.1. The molecule has 0 aromatic carbocycles. The highest BCUT2D eigenvalue weighted by molar-refractivity contribution is 5.71. The van der Waals surface area contributed by atoms with Crippen LogP contribution in [0.3, 0.4) is 0 Å². The molecule has 0 saturated carbocycles. The molecule has 0 aliphatic carbocycles. The van der Waals surface area contributed by atoms with Crippen LogP contribution in [0.4, 0.5) is 17.2 Å². The number of hydrogen-bond donors (Lipinski definition) is 2. The van der Waals surface area contributed by atoms with Crippen molar-refractivity contribution in [3.63, 3.8) is 0 Å². The summed E-state index contributed by atoms with van der Waals surface area (Å²) in [6, 6.07) is 3.64. The molecule has 0 atom stereocenters. The van der Waals surface area contributed by atoms with E-state index in [0.29, 0.717) is 24.0 Å². The monoisotopic (exact) mass is 231 g/mol. The average Bonchev–Trinajstić information content (AvgIpc) is 2.36. The van der Waals surface area contributed by atoms with Crippen LogP contribution >= 0.6 is 0 Å². The first-order valence-corrected chi connectivity index (χ1v) is 5.21. The quantitative estimate of drug-likeness (QED) is 0.831. The van der Waals surface area contributed by atoms with Crippen LogP contribution in [0, 0.1) is 0 Å². The molecule has 0 spiro atoms. The van der Waals surface area contributed by atoms with Crippen molar-refractivity contribution in [2.45, 2.75) is 6.92 Å². The number of nitrogens with one attached hydrogen (secondary N) is 1. The minimum atomic E-state index is 0.388. The van der Waals surface area contributed by atoms with Gasteiger partial charge in [-0.1, -0.05) is 0 Å². The maximum absolute atomic E-state index is 5.89. The van der Waals surface area contributed by atoms with Crippen LogP contribution in [0.1, 0.15) is 6.92 Å². The lowest BCUT2D eigenvalue weighted by Gasteiger charge is -2.10. The maximum Gasteiger partial charge on any atom is 0.242 e. The summed E-state index contributed by atoms with van der Waals surface area (Å²) in [6.45, 7) is 2.38. The SMILES string of the molecule is CCOc1ncnc(Nc2ccncc2)c1N. The minimum Gasteiger partial charge on any atom is -0.476 e. The third-order valence-corrected chi connectivity index (χ3v) is 2.07. The number of rotatable bonds is 4. The van der Waals surface area contributed by atoms with Crippen LogP contribution in [0.2, 0.25) is 0 Å². The third kappa shape index (κ3) is 2.60. The lowest BCUT2D eigenvalue weighted by Crippen LogP contribution is -2.04. The topological polar surface area (TPSA) is 86.0 Å². The van der Waals surface area contributed by atoms with Crippen LogP contribution in [-0.2, 0) is 0 Å². The predicted octanol–water partition coefficient (Wildman–Crippen LogP) is 1.60. The van der Waals surface area contributed by atoms with Gasteiger partial charge in [-0.25, -0.2) is 4.98 Å². The van der Waals surface area contributed by atoms with Gasteiger partial charge in [0.2, 0.25) is 5.88 Å². The maximum atomic E-state index is 5.89. The predicted molar refractivity (Wildman–Crippen MR) is 65.1 cm³/mol. The van der Waals surface area contributed by atoms with Crippen LogP contribution in [0.15, 0.2) is 30.9 Å². The molecule has 6 nitrogen and oxygen atoms in total. The highest BCUT2D eigenvalue weighted by atomic mass is 16.5. The zero-order chi connectivity index (χ0) is 12.1. The largest absolute Gasteiger partial charge is 0.476 e. The summed E-state index contributed by atoms with van der Waals surface area (Å²) in [5, 5.41) is 3.07. The van der Waals surface area contributed by atoms with Gasteiger partial charge in [-0.15, -0.1) is 0 Å². The Hall–Kier alpha value is -2.37. The van der Waals surface area contributed by atoms with Gasteiger partial charge in [0.05, 0.1) is 6.61 Å². The zero-order valence-electron chi connectivity index (χ0n) is 9.42. The van der Waals surface area contributed by atoms with E-state index in [1.807, 2.05) is 19.1 Å². The number of nitrogens with zero attached hydrogens (tertiary/aromatic N) is 3. The average molecular weight is 231 g/mol. The molecule has 0 bridgehead atoms. The second-order valence-electron chi connectivity index (χ2n) is 3.24. The van der Waals surface area contributed by atoms with Crippen LogP contribution in [0.5, 0.6) is 5.88 Å². The molecule has 0 saturated heterocycles. The summed E-state index contributed by atoms with van der Waals surface area (Å²) in [7, 11) is 0. The molecule has 2 rings (SSSR count). The highest BCUT2D eigenvalue weighted by Crippen LogP contribution is 2.26. The Labute approximate surface area is 98.9 Å². The van der Waals surface area contributed by atoms with Crippen molar-refractivity contribution >= 4 is 17.2 Å². The third-order valence-electron chi connectivity index (χ3n) is 2.07. The van der Waals surface area contributed by atoms with Crippen LogP contribution in [-0.4, -0.2) is 21.6 Å². The van der Waals surface area contributed by atoms with Gasteiger partial charge in [0.15, 0.2) is 5.82 Å². The lowest BCUT2D eigenvalue weighted by molar-refractivity contribution is 0.328. The van der Waals surface area contributed by atoms with E-state index in [1.165, 1.54) is 6.33 Å². The summed E-state index contributed by atoms with van der Waals surface area (Å²) in [5.74, 6) is 0.911. The number of pyridine rings is 1. The molecule has 0 aliphatic heterocycles. The molecule has 17 heavy (non-hydrogen) atoms. The number of aromatic nitrogens is 3. The van der Waals surface area contributed by atoms with E-state index in [1.54, 1.807) is 12.4 Å². The Morgan fingerprint density at radius 2 is 2.06 bits per heavy atom. The molecule has 3 N–H and O–H groups in total. The smallest absolute Gasteiger partial charge is 0.242 e. The first-order valence-electron chi connectivity index (χ1n) is 5.21. The van der Waals surface area contributed by atoms with Crippen LogP contribution in [0.25, 0.3) is 0 Å². The second-order valence-corrected chi connectivity index (χ2v) is 3.24. The molecule has 0 fully saturated rings. The van der Waals surface area contributed by atoms with Gasteiger partial charge in [-0.3, -0.25) is 4.98 Å². The number of nitrogen functional groups attached to an aromatic ring is 1. The van der Waals surface area contributed by atoms with Gasteiger partial charge in [0.25, 0.3) is 0 Å². The first-order chi connectivity index (χ1) is 8.31. The van der Waals surface area contributed by atoms with Gasteiger partial charge in [0.1, 0.15) is 12.0 Å². The Morgan fingerprint density at radius 3 is 2.76 bits per heavy atom. The van der Waals surface area contributed by atoms with Gasteiger partial charge < -0.3 is 15.8 Å². The summed E-state index contributed by atoms with van der Waals surface area (Å²) < 4.78 is 5.29. The molecule has 88 valence electrons. The van der Waals surface area contributed by atoms with Crippen molar-refractivity contribution in [2.75, 3.05) is 17.7 Å². The molecular weight excluding hydrogens is 218 g/mol. The van der Waals surface area contributed by atoms with Crippen LogP contribution < -0.4 is 15.8 Å². The molecule has 2 heterocycles. The Balaban J connectivity index is 2.24. The molecular formula is C11H13N5O. The fourth-order valence-corrected chi connectivity index (χ4v) is 1.30. The molecule has 0 radical (unpaired) electrons. The number of anilines is 3.